The van der Waals surface area contributed by atoms with Gasteiger partial charge in [0.05, 0.1) is 6.20 Å². The molecule has 0 saturated heterocycles. The lowest BCUT2D eigenvalue weighted by Crippen LogP contribution is -2.57. The highest BCUT2D eigenvalue weighted by Gasteiger charge is 2.58. The second-order valence-electron chi connectivity index (χ2n) is 2.20. The van der Waals surface area contributed by atoms with Gasteiger partial charge in [0.1, 0.15) is 0 Å². The van der Waals surface area contributed by atoms with Crippen LogP contribution in [0.5, 0.6) is 0 Å². The maximum Gasteiger partial charge on any atom is 0.528 e. The zero-order valence-corrected chi connectivity index (χ0v) is 5.96. The molecule has 0 aliphatic carbocycles. The molecule has 0 amide bonds. The van der Waals surface area contributed by atoms with Crippen molar-refractivity contribution in [1.29, 1.82) is 0 Å². The SMILES string of the molecule is OB(O)C1(F)C(F)=NC=C(F)N1F. The lowest BCUT2D eigenvalue weighted by Gasteiger charge is -2.28. The Bertz CT molecular complexity index is 283. The van der Waals surface area contributed by atoms with Gasteiger partial charge in [0.15, 0.2) is 0 Å². The molecule has 9 heteroatoms. The Hall–Kier alpha value is -1.09. The molecule has 0 bridgehead atoms. The van der Waals surface area contributed by atoms with E-state index in [0.29, 0.717) is 0 Å². The van der Waals surface area contributed by atoms with Crippen molar-refractivity contribution in [3.05, 3.63) is 12.2 Å². The van der Waals surface area contributed by atoms with Crippen LogP contribution in [0.25, 0.3) is 0 Å². The third-order valence-corrected chi connectivity index (χ3v) is 1.39. The first-order valence-corrected chi connectivity index (χ1v) is 3.01. The van der Waals surface area contributed by atoms with Crippen LogP contribution >= 0.6 is 0 Å². The van der Waals surface area contributed by atoms with Gasteiger partial charge in [-0.1, -0.05) is 4.48 Å². The zero-order valence-electron chi connectivity index (χ0n) is 5.96. The van der Waals surface area contributed by atoms with Crippen LogP contribution in [0.4, 0.5) is 17.7 Å². The Morgan fingerprint density at radius 3 is 2.38 bits per heavy atom. The molecule has 72 valence electrons. The van der Waals surface area contributed by atoms with Crippen LogP contribution in [-0.4, -0.2) is 33.9 Å². The smallest absolute Gasteiger partial charge is 0.423 e. The minimum Gasteiger partial charge on any atom is -0.423 e. The van der Waals surface area contributed by atoms with E-state index >= 15 is 0 Å². The third kappa shape index (κ3) is 1.29. The van der Waals surface area contributed by atoms with Gasteiger partial charge in [0.25, 0.3) is 0 Å². The second-order valence-corrected chi connectivity index (χ2v) is 2.20. The van der Waals surface area contributed by atoms with Crippen LogP contribution in [0.1, 0.15) is 0 Å². The average molecular weight is 198 g/mol. The van der Waals surface area contributed by atoms with E-state index < -0.39 is 29.8 Å². The molecule has 0 saturated carbocycles. The molecule has 1 aliphatic heterocycles. The fraction of sp³-hybridized carbons (Fsp3) is 0.250. The third-order valence-electron chi connectivity index (χ3n) is 1.39. The molecular weight excluding hydrogens is 195 g/mol. The number of nitrogens with zero attached hydrogens (tertiary/aromatic N) is 2. The predicted molar refractivity (Wildman–Crippen MR) is 34.7 cm³/mol. The Morgan fingerprint density at radius 1 is 1.46 bits per heavy atom. The van der Waals surface area contributed by atoms with E-state index in [1.54, 1.807) is 0 Å². The standard InChI is InChI=1S/C4H3BF4N2O2/c6-2-1-10-3(7)4(8,5(12)13)11(2)9/h1,12-13H. The number of halogens is 4. The minimum absolute atomic E-state index is 0.0650. The molecule has 1 unspecified atom stereocenters. The Morgan fingerprint density at radius 2 is 2.00 bits per heavy atom. The highest BCUT2D eigenvalue weighted by molar-refractivity contribution is 6.51. The minimum atomic E-state index is -4.02. The van der Waals surface area contributed by atoms with Crippen molar-refractivity contribution in [2.24, 2.45) is 4.99 Å². The summed E-state index contributed by atoms with van der Waals surface area (Å²) in [6, 6.07) is 0. The molecule has 4 nitrogen and oxygen atoms in total. The average Bonchev–Trinajstić information content (AvgIpc) is 2.08. The van der Waals surface area contributed by atoms with Gasteiger partial charge in [-0.3, -0.25) is 0 Å². The topological polar surface area (TPSA) is 56.1 Å². The Labute approximate surface area is 69.9 Å². The summed E-state index contributed by atoms with van der Waals surface area (Å²) in [6.07, 6.45) is 0.0650. The van der Waals surface area contributed by atoms with Crippen LogP contribution in [0.3, 0.4) is 0 Å². The molecule has 1 heterocycles. The van der Waals surface area contributed by atoms with Gasteiger partial charge >= 0.3 is 12.8 Å². The summed E-state index contributed by atoms with van der Waals surface area (Å²) in [5, 5.41) is 15.2. The van der Waals surface area contributed by atoms with Crippen LogP contribution in [0, 0.1) is 0 Å². The van der Waals surface area contributed by atoms with Crippen LogP contribution in [0.2, 0.25) is 0 Å². The largest absolute Gasteiger partial charge is 0.528 e. The normalized spacial score (nSPS) is 28.3. The van der Waals surface area contributed by atoms with Gasteiger partial charge in [-0.05, 0) is 0 Å². The van der Waals surface area contributed by atoms with E-state index in [2.05, 4.69) is 4.99 Å². The van der Waals surface area contributed by atoms with E-state index in [1.165, 1.54) is 0 Å². The van der Waals surface area contributed by atoms with Crippen molar-refractivity contribution < 1.29 is 27.7 Å². The van der Waals surface area contributed by atoms with E-state index in [-0.39, 0.29) is 6.20 Å². The van der Waals surface area contributed by atoms with Crippen LogP contribution in [0.15, 0.2) is 17.1 Å². The van der Waals surface area contributed by atoms with E-state index in [4.69, 9.17) is 10.0 Å². The van der Waals surface area contributed by atoms with Crippen molar-refractivity contribution in [2.75, 3.05) is 0 Å². The molecule has 13 heavy (non-hydrogen) atoms. The van der Waals surface area contributed by atoms with Crippen molar-refractivity contribution in [3.63, 3.8) is 0 Å². The van der Waals surface area contributed by atoms with E-state index in [1.807, 2.05) is 0 Å². The van der Waals surface area contributed by atoms with Crippen LogP contribution in [-0.2, 0) is 0 Å². The van der Waals surface area contributed by atoms with Crippen molar-refractivity contribution in [2.45, 2.75) is 5.69 Å². The summed E-state index contributed by atoms with van der Waals surface area (Å²) >= 11 is 0. The number of aliphatic imine (C=N–C) groups is 1. The quantitative estimate of drug-likeness (QED) is 0.270. The zero-order chi connectivity index (χ0) is 10.2. The molecule has 1 aliphatic rings. The Balaban J connectivity index is 3.12. The van der Waals surface area contributed by atoms with Gasteiger partial charge in [-0.15, -0.1) is 5.12 Å². The fourth-order valence-corrected chi connectivity index (χ4v) is 0.696. The number of hydrogen-bond acceptors (Lipinski definition) is 4. The summed E-state index contributed by atoms with van der Waals surface area (Å²) in [6.45, 7) is 0. The molecule has 1 atom stereocenters. The molecule has 0 aromatic heterocycles. The molecule has 0 fully saturated rings. The van der Waals surface area contributed by atoms with Crippen molar-refractivity contribution in [3.8, 4) is 0 Å². The molecule has 0 radical (unpaired) electrons. The molecule has 0 spiro atoms. The lowest BCUT2D eigenvalue weighted by atomic mass is 9.76. The molecule has 0 aromatic rings. The monoisotopic (exact) mass is 198 g/mol. The first-order chi connectivity index (χ1) is 5.90. The Kier molecular flexibility index (Phi) is 2.31. The molecule has 1 rings (SSSR count). The van der Waals surface area contributed by atoms with Gasteiger partial charge in [0, 0.05) is 0 Å². The summed E-state index contributed by atoms with van der Waals surface area (Å²) in [7, 11) is -3.08. The lowest BCUT2D eigenvalue weighted by molar-refractivity contribution is -0.0821. The number of alkyl halides is 1. The highest BCUT2D eigenvalue weighted by Crippen LogP contribution is 2.30. The maximum absolute atomic E-state index is 13.0. The van der Waals surface area contributed by atoms with Gasteiger partial charge < -0.3 is 10.0 Å². The summed E-state index contributed by atoms with van der Waals surface area (Å²) in [5.41, 5.74) is -4.02. The van der Waals surface area contributed by atoms with E-state index in [0.717, 1.165) is 0 Å². The van der Waals surface area contributed by atoms with Crippen molar-refractivity contribution >= 4 is 13.1 Å². The van der Waals surface area contributed by atoms with Crippen LogP contribution < -0.4 is 0 Å². The fourth-order valence-electron chi connectivity index (χ4n) is 0.696. The predicted octanol–water partition coefficient (Wildman–Crippen LogP) is 0.000700. The maximum atomic E-state index is 13.0. The first-order valence-electron chi connectivity index (χ1n) is 3.01. The van der Waals surface area contributed by atoms with E-state index in [9.17, 15) is 17.7 Å². The van der Waals surface area contributed by atoms with Gasteiger partial charge in [-0.25, -0.2) is 9.38 Å². The summed E-state index contributed by atoms with van der Waals surface area (Å²) in [5.74, 6) is -3.94. The summed E-state index contributed by atoms with van der Waals surface area (Å²) in [4.78, 5) is 2.47. The molecular formula is C4H3BF4N2O2. The van der Waals surface area contributed by atoms with Crippen molar-refractivity contribution in [1.82, 2.24) is 5.12 Å². The number of rotatable bonds is 1. The van der Waals surface area contributed by atoms with Gasteiger partial charge in [0.2, 0.25) is 11.9 Å². The molecule has 0 aromatic carbocycles. The number of hydrogen-bond donors (Lipinski definition) is 2. The summed E-state index contributed by atoms with van der Waals surface area (Å²) < 4.78 is 50.2. The second kappa shape index (κ2) is 3.00. The highest BCUT2D eigenvalue weighted by atomic mass is 19.2. The molecule has 2 N–H and O–H groups in total. The first kappa shape index (κ1) is 10.00. The van der Waals surface area contributed by atoms with Gasteiger partial charge in [-0.2, -0.15) is 8.78 Å².